The fraction of sp³-hybridized carbons (Fsp3) is 0.238. The first-order valence-corrected chi connectivity index (χ1v) is 11.4. The minimum absolute atomic E-state index is 0.900. The fourth-order valence-corrected chi connectivity index (χ4v) is 5.10. The molecule has 0 bridgehead atoms. The second kappa shape index (κ2) is 8.34. The molecule has 1 saturated heterocycles. The smallest absolute Gasteiger partial charge is 0.150 e. The third-order valence-electron chi connectivity index (χ3n) is 4.96. The first-order valence-electron chi connectivity index (χ1n) is 9.54. The van der Waals surface area contributed by atoms with Gasteiger partial charge in [0.15, 0.2) is 0 Å². The number of thioether (sulfide) groups is 1. The lowest BCUT2D eigenvalue weighted by atomic mass is 10.2. The monoisotopic (exact) mass is 420 g/mol. The molecule has 5 rings (SSSR count). The highest BCUT2D eigenvalue weighted by Gasteiger charge is 2.21. The molecule has 1 fully saturated rings. The van der Waals surface area contributed by atoms with Crippen LogP contribution in [0.1, 0.15) is 5.56 Å². The molecule has 0 radical (unpaired) electrons. The van der Waals surface area contributed by atoms with Crippen molar-refractivity contribution in [1.82, 2.24) is 19.9 Å². The Morgan fingerprint density at radius 1 is 0.931 bits per heavy atom. The Morgan fingerprint density at radius 3 is 2.62 bits per heavy atom. The molecule has 29 heavy (non-hydrogen) atoms. The summed E-state index contributed by atoms with van der Waals surface area (Å²) in [4.78, 5) is 22.8. The van der Waals surface area contributed by atoms with Gasteiger partial charge in [0.05, 0.1) is 22.6 Å². The van der Waals surface area contributed by atoms with Crippen molar-refractivity contribution >= 4 is 45.0 Å². The number of hydrogen-bond donors (Lipinski definition) is 0. The van der Waals surface area contributed by atoms with E-state index in [4.69, 9.17) is 4.98 Å². The summed E-state index contributed by atoms with van der Waals surface area (Å²) in [5.41, 5.74) is 2.32. The largest absolute Gasteiger partial charge is 0.352 e. The highest BCUT2D eigenvalue weighted by Crippen LogP contribution is 2.29. The van der Waals surface area contributed by atoms with Crippen molar-refractivity contribution in [2.75, 3.05) is 36.0 Å². The van der Waals surface area contributed by atoms with Crippen molar-refractivity contribution in [3.05, 3.63) is 66.1 Å². The van der Waals surface area contributed by atoms with E-state index < -0.39 is 0 Å². The molecule has 1 aliphatic rings. The Balaban J connectivity index is 1.24. The zero-order valence-corrected chi connectivity index (χ0v) is 17.4. The number of aromatic nitrogens is 4. The van der Waals surface area contributed by atoms with Crippen molar-refractivity contribution < 1.29 is 0 Å². The van der Waals surface area contributed by atoms with Crippen LogP contribution in [0.2, 0.25) is 0 Å². The van der Waals surface area contributed by atoms with Gasteiger partial charge in [0.1, 0.15) is 23.0 Å². The minimum atomic E-state index is 0.900. The molecule has 1 aliphatic heterocycles. The first kappa shape index (κ1) is 18.3. The van der Waals surface area contributed by atoms with E-state index in [9.17, 15) is 0 Å². The Kier molecular flexibility index (Phi) is 5.27. The second-order valence-electron chi connectivity index (χ2n) is 6.80. The molecule has 0 N–H and O–H groups in total. The van der Waals surface area contributed by atoms with Crippen molar-refractivity contribution in [1.29, 1.82) is 0 Å². The van der Waals surface area contributed by atoms with E-state index in [0.717, 1.165) is 54.1 Å². The normalized spacial score (nSPS) is 14.5. The molecule has 0 spiro atoms. The average molecular weight is 421 g/mol. The van der Waals surface area contributed by atoms with Crippen LogP contribution in [0.25, 0.3) is 10.2 Å². The molecule has 0 aliphatic carbocycles. The lowest BCUT2D eigenvalue weighted by Crippen LogP contribution is -2.47. The van der Waals surface area contributed by atoms with Crippen LogP contribution < -0.4 is 9.80 Å². The molecule has 8 heteroatoms. The number of rotatable bonds is 5. The van der Waals surface area contributed by atoms with Gasteiger partial charge in [-0.05, 0) is 17.0 Å². The summed E-state index contributed by atoms with van der Waals surface area (Å²) in [5.74, 6) is 2.90. The first-order chi connectivity index (χ1) is 14.4. The maximum atomic E-state index is 4.84. The van der Waals surface area contributed by atoms with Gasteiger partial charge in [0, 0.05) is 31.9 Å². The van der Waals surface area contributed by atoms with E-state index in [1.54, 1.807) is 29.4 Å². The molecule has 4 aromatic rings. The van der Waals surface area contributed by atoms with Gasteiger partial charge in [0.2, 0.25) is 0 Å². The second-order valence-corrected chi connectivity index (χ2v) is 8.71. The summed E-state index contributed by atoms with van der Waals surface area (Å²) in [5, 5.41) is 3.04. The van der Waals surface area contributed by atoms with E-state index in [-0.39, 0.29) is 0 Å². The summed E-state index contributed by atoms with van der Waals surface area (Å²) < 4.78 is 1.17. The summed E-state index contributed by atoms with van der Waals surface area (Å²) in [6.45, 7) is 3.62. The van der Waals surface area contributed by atoms with Crippen molar-refractivity contribution in [3.63, 3.8) is 0 Å². The molecule has 146 valence electrons. The topological polar surface area (TPSA) is 58.0 Å². The van der Waals surface area contributed by atoms with E-state index in [1.807, 2.05) is 18.5 Å². The van der Waals surface area contributed by atoms with E-state index in [2.05, 4.69) is 60.5 Å². The highest BCUT2D eigenvalue weighted by molar-refractivity contribution is 7.98. The molecule has 0 atom stereocenters. The number of hydrogen-bond acceptors (Lipinski definition) is 8. The molecule has 0 unspecified atom stereocenters. The van der Waals surface area contributed by atoms with Crippen LogP contribution in [0.5, 0.6) is 0 Å². The van der Waals surface area contributed by atoms with Gasteiger partial charge in [-0.1, -0.05) is 30.3 Å². The fourth-order valence-electron chi connectivity index (χ4n) is 3.44. The van der Waals surface area contributed by atoms with Gasteiger partial charge in [0.25, 0.3) is 0 Å². The highest BCUT2D eigenvalue weighted by atomic mass is 32.2. The molecular formula is C21H20N6S2. The van der Waals surface area contributed by atoms with Crippen LogP contribution in [0.3, 0.4) is 0 Å². The Labute approximate surface area is 177 Å². The molecule has 3 aromatic heterocycles. The average Bonchev–Trinajstić information content (AvgIpc) is 3.28. The molecule has 1 aromatic carbocycles. The zero-order chi connectivity index (χ0) is 19.5. The maximum Gasteiger partial charge on any atom is 0.150 e. The maximum absolute atomic E-state index is 4.84. The summed E-state index contributed by atoms with van der Waals surface area (Å²) >= 11 is 3.43. The van der Waals surface area contributed by atoms with Crippen LogP contribution >= 0.6 is 23.1 Å². The van der Waals surface area contributed by atoms with Crippen LogP contribution in [0.15, 0.2) is 65.5 Å². The van der Waals surface area contributed by atoms with Crippen LogP contribution in [0.4, 0.5) is 11.6 Å². The Morgan fingerprint density at radius 2 is 1.76 bits per heavy atom. The summed E-state index contributed by atoms with van der Waals surface area (Å²) in [6.07, 6.45) is 5.38. The standard InChI is InChI=1S/C21H20N6S2/c1-2-4-16(5-3-1)14-29-19-13-22-12-18(25-19)26-7-9-27(10-8-26)21-20-17(6-11-28-20)23-15-24-21/h1-6,11-13,15H,7-10,14H2. The van der Waals surface area contributed by atoms with Crippen LogP contribution in [-0.2, 0) is 5.75 Å². The molecular weight excluding hydrogens is 400 g/mol. The van der Waals surface area contributed by atoms with Crippen molar-refractivity contribution in [3.8, 4) is 0 Å². The summed E-state index contributed by atoms with van der Waals surface area (Å²) in [7, 11) is 0. The van der Waals surface area contributed by atoms with E-state index in [1.165, 1.54) is 10.3 Å². The van der Waals surface area contributed by atoms with E-state index in [0.29, 0.717) is 0 Å². The number of anilines is 2. The Bertz CT molecular complexity index is 1090. The number of piperazine rings is 1. The summed E-state index contributed by atoms with van der Waals surface area (Å²) in [6, 6.07) is 12.5. The van der Waals surface area contributed by atoms with Gasteiger partial charge in [-0.15, -0.1) is 23.1 Å². The number of benzene rings is 1. The predicted molar refractivity (Wildman–Crippen MR) is 120 cm³/mol. The number of thiophene rings is 1. The van der Waals surface area contributed by atoms with Gasteiger partial charge in [-0.3, -0.25) is 4.98 Å². The molecule has 4 heterocycles. The zero-order valence-electron chi connectivity index (χ0n) is 15.8. The van der Waals surface area contributed by atoms with E-state index >= 15 is 0 Å². The van der Waals surface area contributed by atoms with Crippen LogP contribution in [-0.4, -0.2) is 46.1 Å². The number of nitrogens with zero attached hydrogens (tertiary/aromatic N) is 6. The van der Waals surface area contributed by atoms with Crippen molar-refractivity contribution in [2.24, 2.45) is 0 Å². The molecule has 0 amide bonds. The van der Waals surface area contributed by atoms with Crippen molar-refractivity contribution in [2.45, 2.75) is 10.8 Å². The number of fused-ring (bicyclic) bond motifs is 1. The predicted octanol–water partition coefficient (Wildman–Crippen LogP) is 4.10. The SMILES string of the molecule is c1ccc(CSc2cncc(N3CCN(c4ncnc5ccsc45)CC3)n2)cc1. The van der Waals surface area contributed by atoms with Gasteiger partial charge in [-0.25, -0.2) is 15.0 Å². The quantitative estimate of drug-likeness (QED) is 0.451. The third kappa shape index (κ3) is 4.04. The lowest BCUT2D eigenvalue weighted by Gasteiger charge is -2.36. The third-order valence-corrected chi connectivity index (χ3v) is 6.83. The molecule has 6 nitrogen and oxygen atoms in total. The molecule has 0 saturated carbocycles. The minimum Gasteiger partial charge on any atom is -0.352 e. The van der Waals surface area contributed by atoms with Gasteiger partial charge in [-0.2, -0.15) is 0 Å². The van der Waals surface area contributed by atoms with Gasteiger partial charge < -0.3 is 9.80 Å². The van der Waals surface area contributed by atoms with Gasteiger partial charge >= 0.3 is 0 Å². The van der Waals surface area contributed by atoms with Crippen LogP contribution in [0, 0.1) is 0 Å². The lowest BCUT2D eigenvalue weighted by molar-refractivity contribution is 0.640. The Hall–Kier alpha value is -2.71.